The number of urea groups is 1. The Morgan fingerprint density at radius 1 is 1.38 bits per heavy atom. The van der Waals surface area contributed by atoms with E-state index in [1.54, 1.807) is 18.2 Å². The Labute approximate surface area is 145 Å². The highest BCUT2D eigenvalue weighted by Crippen LogP contribution is 2.44. The molecule has 0 radical (unpaired) electrons. The molecule has 126 valence electrons. The van der Waals surface area contributed by atoms with Crippen LogP contribution in [-0.4, -0.2) is 23.7 Å². The summed E-state index contributed by atoms with van der Waals surface area (Å²) in [6.45, 7) is 2.27. The number of hydrogen-bond donors (Lipinski definition) is 3. The number of rotatable bonds is 1. The van der Waals surface area contributed by atoms with Gasteiger partial charge in [0.15, 0.2) is 0 Å². The molecule has 2 aliphatic rings. The smallest absolute Gasteiger partial charge is 0.335 e. The predicted octanol–water partition coefficient (Wildman–Crippen LogP) is 3.64. The summed E-state index contributed by atoms with van der Waals surface area (Å²) < 4.78 is 0. The quantitative estimate of drug-likeness (QED) is 0.726. The lowest BCUT2D eigenvalue weighted by Crippen LogP contribution is -2.32. The zero-order valence-corrected chi connectivity index (χ0v) is 14.1. The third-order valence-corrected chi connectivity index (χ3v) is 4.95. The Kier molecular flexibility index (Phi) is 4.37. The van der Waals surface area contributed by atoms with E-state index < -0.39 is 11.4 Å². The fraction of sp³-hybridized carbons (Fsp3) is 0.333. The number of carboxylic acids is 1. The molecule has 1 aliphatic heterocycles. The van der Waals surface area contributed by atoms with Crippen molar-refractivity contribution >= 4 is 29.3 Å². The number of aliphatic carboxylic acids is 1. The van der Waals surface area contributed by atoms with E-state index in [9.17, 15) is 14.7 Å². The van der Waals surface area contributed by atoms with Crippen molar-refractivity contribution in [1.29, 1.82) is 0 Å². The van der Waals surface area contributed by atoms with Crippen LogP contribution in [0, 0.1) is 0 Å². The second kappa shape index (κ2) is 6.32. The van der Waals surface area contributed by atoms with Crippen molar-refractivity contribution in [3.8, 4) is 0 Å². The topological polar surface area (TPSA) is 78.4 Å². The molecule has 0 fully saturated rings. The number of anilines is 1. The molecule has 3 N–H and O–H groups in total. The molecule has 0 spiro atoms. The second-order valence-electron chi connectivity index (χ2n) is 6.36. The van der Waals surface area contributed by atoms with Crippen LogP contribution in [0.4, 0.5) is 10.5 Å². The number of nitrogens with one attached hydrogen (secondary N) is 2. The van der Waals surface area contributed by atoms with Gasteiger partial charge in [0.1, 0.15) is 0 Å². The molecule has 0 saturated heterocycles. The Morgan fingerprint density at radius 3 is 2.92 bits per heavy atom. The molecule has 4 bridgehead atoms. The minimum absolute atomic E-state index is 0.227. The van der Waals surface area contributed by atoms with E-state index in [-0.39, 0.29) is 18.1 Å². The SMILES string of the molecule is CC12/C=C(C(=O)O)\C=C/CNC(=O)Nc3c(Cl)ccc1c3CCC2. The number of benzene rings is 1. The molecular weight excluding hydrogens is 328 g/mol. The summed E-state index contributed by atoms with van der Waals surface area (Å²) in [5, 5.41) is 15.5. The number of halogens is 1. The largest absolute Gasteiger partial charge is 0.478 e. The first-order valence-electron chi connectivity index (χ1n) is 7.90. The van der Waals surface area contributed by atoms with E-state index in [0.29, 0.717) is 10.7 Å². The van der Waals surface area contributed by atoms with Crippen LogP contribution in [0.5, 0.6) is 0 Å². The molecule has 0 aromatic heterocycles. The fourth-order valence-corrected chi connectivity index (χ4v) is 3.71. The zero-order valence-electron chi connectivity index (χ0n) is 13.4. The normalized spacial score (nSPS) is 26.8. The van der Waals surface area contributed by atoms with Gasteiger partial charge in [-0.15, -0.1) is 0 Å². The molecule has 1 aliphatic carbocycles. The Balaban J connectivity index is 2.24. The van der Waals surface area contributed by atoms with Crippen LogP contribution in [0.1, 0.15) is 30.9 Å². The Morgan fingerprint density at radius 2 is 2.17 bits per heavy atom. The summed E-state index contributed by atoms with van der Waals surface area (Å²) in [5.74, 6) is -0.977. The second-order valence-corrected chi connectivity index (χ2v) is 6.77. The maximum absolute atomic E-state index is 12.1. The first-order chi connectivity index (χ1) is 11.4. The minimum atomic E-state index is -0.977. The lowest BCUT2D eigenvalue weighted by Gasteiger charge is -2.35. The molecule has 3 rings (SSSR count). The van der Waals surface area contributed by atoms with Gasteiger partial charge < -0.3 is 15.7 Å². The van der Waals surface area contributed by atoms with Crippen LogP contribution in [0.15, 0.2) is 35.9 Å². The predicted molar refractivity (Wildman–Crippen MR) is 93.6 cm³/mol. The molecular formula is C18H19ClN2O3. The van der Waals surface area contributed by atoms with Gasteiger partial charge in [0.05, 0.1) is 16.3 Å². The number of carbonyl (C=O) groups is 2. The van der Waals surface area contributed by atoms with Gasteiger partial charge in [-0.05, 0) is 36.5 Å². The van der Waals surface area contributed by atoms with Crippen LogP contribution in [0.25, 0.3) is 0 Å². The lowest BCUT2D eigenvalue weighted by atomic mass is 9.70. The van der Waals surface area contributed by atoms with E-state index in [0.717, 1.165) is 30.4 Å². The standard InChI is InChI=1S/C18H19ClN2O3/c1-18-8-2-5-12-13(18)6-7-14(19)15(12)21-17(24)20-9-3-4-11(10-18)16(22)23/h3-4,6-7,10H,2,5,8-9H2,1H3,(H,22,23)(H2,20,21,24)/b4-3-,11-10+. The molecule has 1 atom stereocenters. The average molecular weight is 347 g/mol. The number of carbonyl (C=O) groups excluding carboxylic acids is 1. The van der Waals surface area contributed by atoms with Gasteiger partial charge in [-0.1, -0.05) is 42.8 Å². The van der Waals surface area contributed by atoms with Crippen LogP contribution >= 0.6 is 11.6 Å². The summed E-state index contributed by atoms with van der Waals surface area (Å²) in [6.07, 6.45) is 7.52. The Bertz CT molecular complexity index is 770. The maximum Gasteiger partial charge on any atom is 0.335 e. The minimum Gasteiger partial charge on any atom is -0.478 e. The molecule has 1 aromatic carbocycles. The van der Waals surface area contributed by atoms with E-state index in [2.05, 4.69) is 10.6 Å². The summed E-state index contributed by atoms with van der Waals surface area (Å²) >= 11 is 6.30. The molecule has 0 saturated carbocycles. The van der Waals surface area contributed by atoms with Crippen LogP contribution in [-0.2, 0) is 16.6 Å². The molecule has 1 aromatic rings. The van der Waals surface area contributed by atoms with Crippen molar-refractivity contribution in [1.82, 2.24) is 5.32 Å². The van der Waals surface area contributed by atoms with Crippen LogP contribution in [0.3, 0.4) is 0 Å². The molecule has 24 heavy (non-hydrogen) atoms. The molecule has 2 amide bonds. The third-order valence-electron chi connectivity index (χ3n) is 4.64. The van der Waals surface area contributed by atoms with E-state index in [1.165, 1.54) is 0 Å². The van der Waals surface area contributed by atoms with Crippen molar-refractivity contribution in [2.24, 2.45) is 0 Å². The summed E-state index contributed by atoms with van der Waals surface area (Å²) in [7, 11) is 0. The van der Waals surface area contributed by atoms with Crippen molar-refractivity contribution in [2.75, 3.05) is 11.9 Å². The monoisotopic (exact) mass is 346 g/mol. The molecule has 1 heterocycles. The van der Waals surface area contributed by atoms with E-state index in [4.69, 9.17) is 11.6 Å². The number of hydrogen-bond acceptors (Lipinski definition) is 2. The maximum atomic E-state index is 12.1. The van der Waals surface area contributed by atoms with Crippen LogP contribution in [0.2, 0.25) is 5.02 Å². The molecule has 1 unspecified atom stereocenters. The van der Waals surface area contributed by atoms with Gasteiger partial charge in [-0.3, -0.25) is 0 Å². The highest BCUT2D eigenvalue weighted by Gasteiger charge is 2.33. The highest BCUT2D eigenvalue weighted by molar-refractivity contribution is 6.34. The number of carboxylic acid groups (broad SMARTS) is 1. The zero-order chi connectivity index (χ0) is 17.3. The Hall–Kier alpha value is -2.27. The number of allylic oxidation sites excluding steroid dienone is 1. The van der Waals surface area contributed by atoms with E-state index >= 15 is 0 Å². The van der Waals surface area contributed by atoms with Crippen molar-refractivity contribution in [3.63, 3.8) is 0 Å². The summed E-state index contributed by atoms with van der Waals surface area (Å²) in [6, 6.07) is 3.34. The molecule has 6 heteroatoms. The van der Waals surface area contributed by atoms with Gasteiger partial charge in [-0.25, -0.2) is 9.59 Å². The molecule has 5 nitrogen and oxygen atoms in total. The average Bonchev–Trinajstić information content (AvgIpc) is 2.52. The fourth-order valence-electron chi connectivity index (χ4n) is 3.49. The first-order valence-corrected chi connectivity index (χ1v) is 8.28. The van der Waals surface area contributed by atoms with Gasteiger partial charge >= 0.3 is 12.0 Å². The van der Waals surface area contributed by atoms with Gasteiger partial charge in [-0.2, -0.15) is 0 Å². The van der Waals surface area contributed by atoms with Crippen molar-refractivity contribution < 1.29 is 14.7 Å². The number of amides is 2. The van der Waals surface area contributed by atoms with Crippen molar-refractivity contribution in [3.05, 3.63) is 52.1 Å². The van der Waals surface area contributed by atoms with Gasteiger partial charge in [0.2, 0.25) is 0 Å². The van der Waals surface area contributed by atoms with Gasteiger partial charge in [0, 0.05) is 12.0 Å². The highest BCUT2D eigenvalue weighted by atomic mass is 35.5. The van der Waals surface area contributed by atoms with Crippen molar-refractivity contribution in [2.45, 2.75) is 31.6 Å². The van der Waals surface area contributed by atoms with Gasteiger partial charge in [0.25, 0.3) is 0 Å². The van der Waals surface area contributed by atoms with E-state index in [1.807, 2.05) is 19.1 Å². The summed E-state index contributed by atoms with van der Waals surface area (Å²) in [5.41, 5.74) is 2.43. The summed E-state index contributed by atoms with van der Waals surface area (Å²) in [4.78, 5) is 23.7. The van der Waals surface area contributed by atoms with Crippen LogP contribution < -0.4 is 10.6 Å². The third kappa shape index (κ3) is 3.04. The lowest BCUT2D eigenvalue weighted by molar-refractivity contribution is -0.132. The first kappa shape index (κ1) is 16.6.